The molecule has 1 fully saturated rings. The number of hydrogen-bond acceptors (Lipinski definition) is 7. The zero-order valence-corrected chi connectivity index (χ0v) is 18.9. The van der Waals surface area contributed by atoms with Crippen LogP contribution in [0.25, 0.3) is 22.2 Å². The molecule has 1 atom stereocenters. The Balaban J connectivity index is 1.54. The number of ether oxygens (including phenoxy) is 2. The van der Waals surface area contributed by atoms with E-state index in [0.29, 0.717) is 35.3 Å². The van der Waals surface area contributed by atoms with Crippen molar-refractivity contribution in [1.29, 1.82) is 0 Å². The van der Waals surface area contributed by atoms with Crippen LogP contribution in [0.15, 0.2) is 53.6 Å². The zero-order chi connectivity index (χ0) is 23.5. The molecule has 3 heterocycles. The van der Waals surface area contributed by atoms with Gasteiger partial charge in [-0.1, -0.05) is 12.1 Å². The molecule has 2 aromatic heterocycles. The van der Waals surface area contributed by atoms with Gasteiger partial charge in [0.15, 0.2) is 5.65 Å². The van der Waals surface area contributed by atoms with Crippen molar-refractivity contribution in [3.8, 4) is 5.75 Å². The minimum atomic E-state index is -0.322. The van der Waals surface area contributed by atoms with E-state index < -0.39 is 0 Å². The average molecular weight is 459 g/mol. The van der Waals surface area contributed by atoms with E-state index in [-0.39, 0.29) is 23.4 Å². The van der Waals surface area contributed by atoms with Crippen LogP contribution in [0, 0.1) is 0 Å². The van der Waals surface area contributed by atoms with Crippen molar-refractivity contribution in [3.05, 3.63) is 59.7 Å². The van der Waals surface area contributed by atoms with Crippen LogP contribution in [0.1, 0.15) is 35.7 Å². The third kappa shape index (κ3) is 4.29. The second-order valence-corrected chi connectivity index (χ2v) is 8.05. The number of rotatable bonds is 7. The molecule has 174 valence electrons. The van der Waals surface area contributed by atoms with E-state index in [4.69, 9.17) is 25.2 Å². The first-order chi connectivity index (χ1) is 16.6. The van der Waals surface area contributed by atoms with Gasteiger partial charge in [0.1, 0.15) is 22.6 Å². The van der Waals surface area contributed by atoms with Crippen LogP contribution in [0.3, 0.4) is 0 Å². The van der Waals surface area contributed by atoms with Crippen LogP contribution in [-0.4, -0.2) is 52.6 Å². The van der Waals surface area contributed by atoms with Gasteiger partial charge >= 0.3 is 0 Å². The summed E-state index contributed by atoms with van der Waals surface area (Å²) in [6.45, 7) is 3.68. The molecule has 1 amide bonds. The molecule has 3 N–H and O–H groups in total. The lowest BCUT2D eigenvalue weighted by molar-refractivity contribution is 0.0859. The lowest BCUT2D eigenvalue weighted by Crippen LogP contribution is -2.32. The smallest absolute Gasteiger partial charge is 0.257 e. The van der Waals surface area contributed by atoms with Gasteiger partial charge in [0, 0.05) is 13.2 Å². The van der Waals surface area contributed by atoms with Crippen LogP contribution in [0.5, 0.6) is 5.75 Å². The molecule has 2 aromatic carbocycles. The van der Waals surface area contributed by atoms with E-state index in [1.807, 2.05) is 55.5 Å². The molecule has 4 aromatic rings. The molecule has 1 aliphatic rings. The number of nitrogens with zero attached hydrogens (tertiary/aromatic N) is 4. The van der Waals surface area contributed by atoms with Gasteiger partial charge in [0.2, 0.25) is 0 Å². The summed E-state index contributed by atoms with van der Waals surface area (Å²) in [6, 6.07) is 15.0. The second kappa shape index (κ2) is 9.48. The van der Waals surface area contributed by atoms with Gasteiger partial charge in [0.05, 0.1) is 30.0 Å². The van der Waals surface area contributed by atoms with E-state index in [9.17, 15) is 4.79 Å². The lowest BCUT2D eigenvalue weighted by atomic mass is 10.2. The van der Waals surface area contributed by atoms with E-state index in [1.165, 1.54) is 4.68 Å². The summed E-state index contributed by atoms with van der Waals surface area (Å²) in [5.41, 5.74) is 9.75. The van der Waals surface area contributed by atoms with Crippen molar-refractivity contribution in [2.24, 2.45) is 5.10 Å². The molecular formula is C25H26N6O3. The first kappa shape index (κ1) is 21.8. The molecule has 0 saturated carbocycles. The number of benzene rings is 2. The summed E-state index contributed by atoms with van der Waals surface area (Å²) >= 11 is 0. The van der Waals surface area contributed by atoms with Crippen molar-refractivity contribution < 1.29 is 14.3 Å². The van der Waals surface area contributed by atoms with Crippen molar-refractivity contribution in [2.75, 3.05) is 25.5 Å². The highest BCUT2D eigenvalue weighted by atomic mass is 16.5. The van der Waals surface area contributed by atoms with Gasteiger partial charge in [-0.15, -0.1) is 0 Å². The number of carbonyl (C=O) groups excluding carboxylic acids is 1. The molecule has 1 aliphatic heterocycles. The van der Waals surface area contributed by atoms with E-state index in [2.05, 4.69) is 10.4 Å². The van der Waals surface area contributed by atoms with Gasteiger partial charge in [-0.2, -0.15) is 9.78 Å². The fourth-order valence-corrected chi connectivity index (χ4v) is 4.03. The minimum absolute atomic E-state index is 0.0168. The van der Waals surface area contributed by atoms with Crippen LogP contribution in [0.2, 0.25) is 0 Å². The SMILES string of the molecule is CCOc1ccc(/C=N/n2c(N)c(C(=O)NCC3CCCO3)c3nc4ccccc4nc32)cc1. The topological polar surface area (TPSA) is 117 Å². The molecule has 0 aliphatic carbocycles. The fourth-order valence-electron chi connectivity index (χ4n) is 4.03. The molecule has 0 spiro atoms. The molecule has 1 saturated heterocycles. The van der Waals surface area contributed by atoms with Gasteiger partial charge in [-0.25, -0.2) is 9.97 Å². The summed E-state index contributed by atoms with van der Waals surface area (Å²) in [7, 11) is 0. The summed E-state index contributed by atoms with van der Waals surface area (Å²) in [5.74, 6) is 0.642. The normalized spacial score (nSPS) is 16.0. The Morgan fingerprint density at radius 2 is 2.00 bits per heavy atom. The molecule has 5 rings (SSSR count). The summed E-state index contributed by atoms with van der Waals surface area (Å²) in [6.07, 6.45) is 3.60. The first-order valence-electron chi connectivity index (χ1n) is 11.4. The third-order valence-electron chi connectivity index (χ3n) is 5.73. The highest BCUT2D eigenvalue weighted by Gasteiger charge is 2.25. The van der Waals surface area contributed by atoms with E-state index in [0.717, 1.165) is 30.8 Å². The number of para-hydroxylation sites is 2. The Morgan fingerprint density at radius 3 is 2.71 bits per heavy atom. The quantitative estimate of drug-likeness (QED) is 0.410. The summed E-state index contributed by atoms with van der Waals surface area (Å²) in [5, 5.41) is 7.48. The van der Waals surface area contributed by atoms with Gasteiger partial charge in [-0.05, 0) is 61.7 Å². The molecule has 1 unspecified atom stereocenters. The number of carbonyl (C=O) groups is 1. The summed E-state index contributed by atoms with van der Waals surface area (Å²) < 4.78 is 12.6. The second-order valence-electron chi connectivity index (χ2n) is 8.05. The van der Waals surface area contributed by atoms with Crippen molar-refractivity contribution in [2.45, 2.75) is 25.9 Å². The Bertz CT molecular complexity index is 1360. The Morgan fingerprint density at radius 1 is 1.24 bits per heavy atom. The van der Waals surface area contributed by atoms with Crippen LogP contribution in [-0.2, 0) is 4.74 Å². The van der Waals surface area contributed by atoms with E-state index >= 15 is 0 Å². The summed E-state index contributed by atoms with van der Waals surface area (Å²) in [4.78, 5) is 22.6. The predicted molar refractivity (Wildman–Crippen MR) is 131 cm³/mol. The first-order valence-corrected chi connectivity index (χ1v) is 11.4. The number of aromatic nitrogens is 3. The van der Waals surface area contributed by atoms with Gasteiger partial charge in [-0.3, -0.25) is 4.79 Å². The largest absolute Gasteiger partial charge is 0.494 e. The van der Waals surface area contributed by atoms with Crippen molar-refractivity contribution in [1.82, 2.24) is 20.0 Å². The van der Waals surface area contributed by atoms with Crippen molar-refractivity contribution >= 4 is 40.1 Å². The standard InChI is InChI=1S/C25H26N6O3/c1-2-33-17-11-9-16(10-12-17)14-28-31-23(26)21(25(32)27-15-18-6-5-13-34-18)22-24(31)30-20-8-4-3-7-19(20)29-22/h3-4,7-12,14,18H,2,5-6,13,15,26H2,1H3,(H,27,32)/b28-14+. The predicted octanol–water partition coefficient (Wildman–Crippen LogP) is 3.36. The lowest BCUT2D eigenvalue weighted by Gasteiger charge is -2.10. The molecular weight excluding hydrogens is 432 g/mol. The number of nitrogen functional groups attached to an aromatic ring is 1. The number of nitrogens with two attached hydrogens (primary N) is 1. The minimum Gasteiger partial charge on any atom is -0.494 e. The highest BCUT2D eigenvalue weighted by Crippen LogP contribution is 2.28. The molecule has 0 radical (unpaired) electrons. The van der Waals surface area contributed by atoms with Crippen LogP contribution < -0.4 is 15.8 Å². The Labute approximate surface area is 196 Å². The fraction of sp³-hybridized carbons (Fsp3) is 0.280. The van der Waals surface area contributed by atoms with Crippen molar-refractivity contribution in [3.63, 3.8) is 0 Å². The molecule has 34 heavy (non-hydrogen) atoms. The number of amides is 1. The highest BCUT2D eigenvalue weighted by molar-refractivity contribution is 6.10. The van der Waals surface area contributed by atoms with Gasteiger partial charge < -0.3 is 20.5 Å². The number of hydrogen-bond donors (Lipinski definition) is 2. The van der Waals surface area contributed by atoms with Crippen LogP contribution in [0.4, 0.5) is 5.82 Å². The number of anilines is 1. The Kier molecular flexibility index (Phi) is 6.09. The average Bonchev–Trinajstić information content (AvgIpc) is 3.46. The van der Waals surface area contributed by atoms with Gasteiger partial charge in [0.25, 0.3) is 5.91 Å². The maximum absolute atomic E-state index is 13.2. The maximum Gasteiger partial charge on any atom is 0.257 e. The molecule has 9 heteroatoms. The monoisotopic (exact) mass is 458 g/mol. The number of nitrogens with one attached hydrogen (secondary N) is 1. The van der Waals surface area contributed by atoms with E-state index in [1.54, 1.807) is 6.21 Å². The third-order valence-corrected chi connectivity index (χ3v) is 5.73. The van der Waals surface area contributed by atoms with Crippen LogP contribution >= 0.6 is 0 Å². The maximum atomic E-state index is 13.2. The molecule has 9 nitrogen and oxygen atoms in total. The zero-order valence-electron chi connectivity index (χ0n) is 18.9. The Hall–Kier alpha value is -3.98. The molecule has 0 bridgehead atoms. The number of fused-ring (bicyclic) bond motifs is 2.